The van der Waals surface area contributed by atoms with E-state index >= 15 is 0 Å². The zero-order valence-corrected chi connectivity index (χ0v) is 11.8. The molecule has 1 aromatic rings. The fourth-order valence-corrected chi connectivity index (χ4v) is 3.10. The van der Waals surface area contributed by atoms with Crippen LogP contribution in [0.15, 0.2) is 5.11 Å². The van der Waals surface area contributed by atoms with E-state index in [2.05, 4.69) is 34.1 Å². The second-order valence-corrected chi connectivity index (χ2v) is 6.10. The van der Waals surface area contributed by atoms with Gasteiger partial charge in [0, 0.05) is 30.8 Å². The van der Waals surface area contributed by atoms with Gasteiger partial charge < -0.3 is 0 Å². The molecule has 2 heterocycles. The van der Waals surface area contributed by atoms with Gasteiger partial charge in [0.15, 0.2) is 0 Å². The van der Waals surface area contributed by atoms with Crippen molar-refractivity contribution in [3.8, 4) is 0 Å². The Balaban J connectivity index is 2.03. The van der Waals surface area contributed by atoms with Crippen molar-refractivity contribution in [3.63, 3.8) is 0 Å². The van der Waals surface area contributed by atoms with Crippen molar-refractivity contribution in [2.45, 2.75) is 26.7 Å². The van der Waals surface area contributed by atoms with Crippen LogP contribution in [0.4, 0.5) is 5.13 Å². The van der Waals surface area contributed by atoms with Crippen molar-refractivity contribution >= 4 is 22.4 Å². The third-order valence-corrected chi connectivity index (χ3v) is 3.85. The van der Waals surface area contributed by atoms with Crippen LogP contribution in [-0.4, -0.2) is 29.2 Å². The summed E-state index contributed by atoms with van der Waals surface area (Å²) in [7, 11) is 0. The summed E-state index contributed by atoms with van der Waals surface area (Å²) in [4.78, 5) is 16.3. The van der Waals surface area contributed by atoms with Crippen LogP contribution in [0.3, 0.4) is 0 Å². The van der Waals surface area contributed by atoms with Crippen LogP contribution in [0.1, 0.15) is 25.3 Å². The highest BCUT2D eigenvalue weighted by Gasteiger charge is 2.32. The number of anilines is 1. The maximum Gasteiger partial charge on any atom is 0.229 e. The predicted molar refractivity (Wildman–Crippen MR) is 72.9 cm³/mol. The number of aromatic nitrogens is 2. The van der Waals surface area contributed by atoms with E-state index in [1.54, 1.807) is 4.90 Å². The molecule has 0 saturated carbocycles. The summed E-state index contributed by atoms with van der Waals surface area (Å²) in [5.41, 5.74) is 8.30. The average Bonchev–Trinajstić information content (AvgIpc) is 2.92. The van der Waals surface area contributed by atoms with Gasteiger partial charge in [0.25, 0.3) is 0 Å². The maximum absolute atomic E-state index is 11.9. The van der Waals surface area contributed by atoms with E-state index in [1.807, 2.05) is 0 Å². The molecule has 0 spiro atoms. The first-order valence-corrected chi connectivity index (χ1v) is 7.05. The van der Waals surface area contributed by atoms with Gasteiger partial charge >= 0.3 is 0 Å². The molecule has 0 aliphatic carbocycles. The van der Waals surface area contributed by atoms with Gasteiger partial charge in [0.1, 0.15) is 5.01 Å². The van der Waals surface area contributed by atoms with Crippen LogP contribution in [0, 0.1) is 11.8 Å². The minimum atomic E-state index is 0.0328. The largest absolute Gasteiger partial charge is 0.286 e. The standard InChI is InChI=1S/C11H16N6OS/c1-7(2)3-9-14-15-11(19-9)17-6-8(4-10(17)18)5-13-16-12/h7-8H,3-6H2,1-2H3. The predicted octanol–water partition coefficient (Wildman–Crippen LogP) is 2.40. The SMILES string of the molecule is CC(C)Cc1nnc(N2CC(CN=[N+]=[N-])CC2=O)s1. The lowest BCUT2D eigenvalue weighted by atomic mass is 10.1. The van der Waals surface area contributed by atoms with E-state index in [9.17, 15) is 4.79 Å². The van der Waals surface area contributed by atoms with Gasteiger partial charge in [-0.25, -0.2) is 0 Å². The number of carbonyl (C=O) groups is 1. The van der Waals surface area contributed by atoms with Gasteiger partial charge in [0.05, 0.1) is 0 Å². The molecule has 0 aromatic carbocycles. The van der Waals surface area contributed by atoms with Crippen molar-refractivity contribution < 1.29 is 4.79 Å². The highest BCUT2D eigenvalue weighted by atomic mass is 32.1. The van der Waals surface area contributed by atoms with Crippen LogP contribution in [0.5, 0.6) is 0 Å². The van der Waals surface area contributed by atoms with Gasteiger partial charge in [-0.3, -0.25) is 9.69 Å². The topological polar surface area (TPSA) is 94.8 Å². The molecule has 1 aliphatic heterocycles. The molecular formula is C11H16N6OS. The normalized spacial score (nSPS) is 19.0. The molecule has 1 atom stereocenters. The second-order valence-electron chi connectivity index (χ2n) is 5.06. The minimum absolute atomic E-state index is 0.0328. The maximum atomic E-state index is 11.9. The van der Waals surface area contributed by atoms with E-state index in [-0.39, 0.29) is 11.8 Å². The Morgan fingerprint density at radius 2 is 2.37 bits per heavy atom. The van der Waals surface area contributed by atoms with E-state index in [0.717, 1.165) is 11.4 Å². The van der Waals surface area contributed by atoms with E-state index in [1.165, 1.54) is 11.3 Å². The molecular weight excluding hydrogens is 264 g/mol. The minimum Gasteiger partial charge on any atom is -0.286 e. The Hall–Kier alpha value is -1.66. The van der Waals surface area contributed by atoms with E-state index < -0.39 is 0 Å². The van der Waals surface area contributed by atoms with Crippen LogP contribution < -0.4 is 4.90 Å². The molecule has 102 valence electrons. The third kappa shape index (κ3) is 3.42. The lowest BCUT2D eigenvalue weighted by molar-refractivity contribution is -0.117. The van der Waals surface area contributed by atoms with Crippen molar-refractivity contribution in [2.75, 3.05) is 18.0 Å². The van der Waals surface area contributed by atoms with Crippen LogP contribution >= 0.6 is 11.3 Å². The van der Waals surface area contributed by atoms with Gasteiger partial charge in [0.2, 0.25) is 11.0 Å². The smallest absolute Gasteiger partial charge is 0.229 e. The van der Waals surface area contributed by atoms with Crippen molar-refractivity contribution in [1.82, 2.24) is 10.2 Å². The number of amides is 1. The monoisotopic (exact) mass is 280 g/mol. The molecule has 19 heavy (non-hydrogen) atoms. The molecule has 0 radical (unpaired) electrons. The molecule has 1 amide bonds. The Kier molecular flexibility index (Phi) is 4.34. The summed E-state index contributed by atoms with van der Waals surface area (Å²) in [5.74, 6) is 0.638. The first-order chi connectivity index (χ1) is 9.10. The van der Waals surface area contributed by atoms with Gasteiger partial charge in [-0.15, -0.1) is 10.2 Å². The molecule has 8 heteroatoms. The number of hydrogen-bond acceptors (Lipinski definition) is 5. The molecule has 1 unspecified atom stereocenters. The molecule has 7 nitrogen and oxygen atoms in total. The fraction of sp³-hybridized carbons (Fsp3) is 0.727. The van der Waals surface area contributed by atoms with Gasteiger partial charge in [-0.05, 0) is 17.4 Å². The fourth-order valence-electron chi connectivity index (χ4n) is 2.03. The van der Waals surface area contributed by atoms with Gasteiger partial charge in [-0.2, -0.15) is 0 Å². The molecule has 0 bridgehead atoms. The Bertz CT molecular complexity index is 507. The Morgan fingerprint density at radius 1 is 1.58 bits per heavy atom. The zero-order chi connectivity index (χ0) is 13.8. The molecule has 1 saturated heterocycles. The number of azide groups is 1. The molecule has 2 rings (SSSR count). The van der Waals surface area contributed by atoms with Crippen molar-refractivity contribution in [1.29, 1.82) is 0 Å². The number of nitrogens with zero attached hydrogens (tertiary/aromatic N) is 6. The molecule has 1 aromatic heterocycles. The van der Waals surface area contributed by atoms with E-state index in [4.69, 9.17) is 5.53 Å². The van der Waals surface area contributed by atoms with Crippen LogP contribution in [0.25, 0.3) is 10.4 Å². The second kappa shape index (κ2) is 5.99. The van der Waals surface area contributed by atoms with E-state index in [0.29, 0.717) is 30.6 Å². The Labute approximate surface area is 115 Å². The lowest BCUT2D eigenvalue weighted by Gasteiger charge is -2.11. The number of carbonyl (C=O) groups excluding carboxylic acids is 1. The van der Waals surface area contributed by atoms with Crippen LogP contribution in [0.2, 0.25) is 0 Å². The summed E-state index contributed by atoms with van der Waals surface area (Å²) in [6.45, 7) is 5.17. The molecule has 0 N–H and O–H groups in total. The van der Waals surface area contributed by atoms with Crippen molar-refractivity contribution in [2.24, 2.45) is 17.0 Å². The zero-order valence-electron chi connectivity index (χ0n) is 11.0. The summed E-state index contributed by atoms with van der Waals surface area (Å²) >= 11 is 1.47. The summed E-state index contributed by atoms with van der Waals surface area (Å²) in [5, 5.41) is 13.3. The number of hydrogen-bond donors (Lipinski definition) is 0. The van der Waals surface area contributed by atoms with Crippen LogP contribution in [-0.2, 0) is 11.2 Å². The Morgan fingerprint density at radius 3 is 3.05 bits per heavy atom. The quantitative estimate of drug-likeness (QED) is 0.470. The van der Waals surface area contributed by atoms with Crippen molar-refractivity contribution in [3.05, 3.63) is 15.5 Å². The summed E-state index contributed by atoms with van der Waals surface area (Å²) < 4.78 is 0. The first-order valence-electron chi connectivity index (χ1n) is 6.23. The first kappa shape index (κ1) is 13.8. The third-order valence-electron chi connectivity index (χ3n) is 2.88. The average molecular weight is 280 g/mol. The molecule has 1 aliphatic rings. The highest BCUT2D eigenvalue weighted by Crippen LogP contribution is 2.28. The summed E-state index contributed by atoms with van der Waals surface area (Å²) in [6.07, 6.45) is 1.29. The van der Waals surface area contributed by atoms with Gasteiger partial charge in [-0.1, -0.05) is 30.3 Å². The molecule has 1 fully saturated rings. The highest BCUT2D eigenvalue weighted by molar-refractivity contribution is 7.15. The lowest BCUT2D eigenvalue weighted by Crippen LogP contribution is -2.24. The number of rotatable bonds is 5. The summed E-state index contributed by atoms with van der Waals surface area (Å²) in [6, 6.07) is 0.